The molecule has 0 aromatic carbocycles. The quantitative estimate of drug-likeness (QED) is 0.869. The molecule has 3 heterocycles. The van der Waals surface area contributed by atoms with Crippen LogP contribution in [0.1, 0.15) is 24.6 Å². The summed E-state index contributed by atoms with van der Waals surface area (Å²) in [5, 5.41) is 17.1. The van der Waals surface area contributed by atoms with Gasteiger partial charge >= 0.3 is 0 Å². The van der Waals surface area contributed by atoms with Crippen LogP contribution in [0.25, 0.3) is 11.1 Å². The lowest BCUT2D eigenvalue weighted by Gasteiger charge is -2.15. The first-order valence-electron chi connectivity index (χ1n) is 6.70. The number of nitrogens with zero attached hydrogens (tertiary/aromatic N) is 3. The van der Waals surface area contributed by atoms with E-state index >= 15 is 0 Å². The summed E-state index contributed by atoms with van der Waals surface area (Å²) in [4.78, 5) is 4.06. The van der Waals surface area contributed by atoms with Gasteiger partial charge in [0.25, 0.3) is 0 Å². The van der Waals surface area contributed by atoms with Crippen molar-refractivity contribution in [1.29, 1.82) is 0 Å². The summed E-state index contributed by atoms with van der Waals surface area (Å²) in [6, 6.07) is 4.33. The van der Waals surface area contributed by atoms with Crippen LogP contribution in [0.2, 0.25) is 0 Å². The van der Waals surface area contributed by atoms with E-state index in [1.54, 1.807) is 12.4 Å². The Labute approximate surface area is 112 Å². The van der Waals surface area contributed by atoms with Crippen molar-refractivity contribution >= 4 is 0 Å². The molecule has 100 valence electrons. The fourth-order valence-electron chi connectivity index (χ4n) is 2.71. The highest BCUT2D eigenvalue weighted by Crippen LogP contribution is 2.32. The molecular weight excluding hydrogens is 240 g/mol. The zero-order chi connectivity index (χ0) is 13.1. The molecule has 19 heavy (non-hydrogen) atoms. The molecule has 3 rings (SSSR count). The Hall–Kier alpha value is -1.72. The van der Waals surface area contributed by atoms with E-state index < -0.39 is 0 Å². The minimum absolute atomic E-state index is 0.108. The van der Waals surface area contributed by atoms with Crippen molar-refractivity contribution in [1.82, 2.24) is 20.1 Å². The number of hydrogen-bond donors (Lipinski definition) is 2. The van der Waals surface area contributed by atoms with Gasteiger partial charge in [-0.15, -0.1) is 0 Å². The average molecular weight is 258 g/mol. The van der Waals surface area contributed by atoms with E-state index in [9.17, 15) is 5.11 Å². The minimum Gasteiger partial charge on any atom is -0.394 e. The van der Waals surface area contributed by atoms with Crippen LogP contribution < -0.4 is 5.32 Å². The highest BCUT2D eigenvalue weighted by molar-refractivity contribution is 5.65. The van der Waals surface area contributed by atoms with Crippen molar-refractivity contribution in [2.24, 2.45) is 0 Å². The van der Waals surface area contributed by atoms with E-state index in [2.05, 4.69) is 15.4 Å². The Morgan fingerprint density at radius 3 is 2.89 bits per heavy atom. The lowest BCUT2D eigenvalue weighted by atomic mass is 10.0. The topological polar surface area (TPSA) is 63.0 Å². The third kappa shape index (κ3) is 2.39. The largest absolute Gasteiger partial charge is 0.394 e. The van der Waals surface area contributed by atoms with E-state index in [0.29, 0.717) is 12.6 Å². The number of pyridine rings is 1. The summed E-state index contributed by atoms with van der Waals surface area (Å²) in [7, 11) is 0. The molecule has 0 amide bonds. The number of nitrogens with one attached hydrogen (secondary N) is 1. The van der Waals surface area contributed by atoms with Gasteiger partial charge in [0, 0.05) is 24.0 Å². The van der Waals surface area contributed by atoms with Crippen molar-refractivity contribution in [3.05, 3.63) is 36.4 Å². The molecule has 0 saturated carbocycles. The van der Waals surface area contributed by atoms with Crippen LogP contribution in [0, 0.1) is 0 Å². The highest BCUT2D eigenvalue weighted by atomic mass is 16.3. The third-order valence-electron chi connectivity index (χ3n) is 3.57. The highest BCUT2D eigenvalue weighted by Gasteiger charge is 2.24. The molecule has 1 aliphatic rings. The third-order valence-corrected chi connectivity index (χ3v) is 3.57. The zero-order valence-corrected chi connectivity index (χ0v) is 10.8. The van der Waals surface area contributed by atoms with Gasteiger partial charge in [0.05, 0.1) is 25.0 Å². The molecule has 0 radical (unpaired) electrons. The van der Waals surface area contributed by atoms with Crippen molar-refractivity contribution in [3.63, 3.8) is 0 Å². The second-order valence-electron chi connectivity index (χ2n) is 4.78. The van der Waals surface area contributed by atoms with Crippen LogP contribution in [-0.4, -0.2) is 33.0 Å². The van der Waals surface area contributed by atoms with Crippen LogP contribution in [-0.2, 0) is 6.54 Å². The summed E-state index contributed by atoms with van der Waals surface area (Å²) in [6.45, 7) is 1.69. The molecule has 1 aliphatic heterocycles. The van der Waals surface area contributed by atoms with E-state index in [1.807, 2.05) is 23.0 Å². The van der Waals surface area contributed by atoms with Crippen LogP contribution >= 0.6 is 0 Å². The van der Waals surface area contributed by atoms with Gasteiger partial charge in [0.15, 0.2) is 0 Å². The van der Waals surface area contributed by atoms with Gasteiger partial charge in [0.1, 0.15) is 0 Å². The fraction of sp³-hybridized carbons (Fsp3) is 0.429. The lowest BCUT2D eigenvalue weighted by molar-refractivity contribution is 0.265. The predicted molar refractivity (Wildman–Crippen MR) is 72.5 cm³/mol. The first-order valence-corrected chi connectivity index (χ1v) is 6.70. The molecule has 0 spiro atoms. The standard InChI is InChI=1S/C14H18N4O/c19-9-8-18-14(13-2-1-5-16-13)12(10-17-18)11-3-6-15-7-4-11/h3-4,6-7,10,13,16,19H,1-2,5,8-9H2/t13-/m0/s1. The second kappa shape index (κ2) is 5.50. The van der Waals surface area contributed by atoms with Crippen molar-refractivity contribution < 1.29 is 5.11 Å². The van der Waals surface area contributed by atoms with Crippen LogP contribution in [0.3, 0.4) is 0 Å². The van der Waals surface area contributed by atoms with E-state index in [4.69, 9.17) is 0 Å². The molecule has 2 aromatic rings. The van der Waals surface area contributed by atoms with Gasteiger partial charge in [-0.05, 0) is 37.1 Å². The molecule has 1 saturated heterocycles. The normalized spacial score (nSPS) is 18.9. The maximum absolute atomic E-state index is 9.18. The number of aliphatic hydroxyl groups is 1. The van der Waals surface area contributed by atoms with Crippen LogP contribution in [0.4, 0.5) is 0 Å². The Bertz CT molecular complexity index is 532. The molecule has 0 bridgehead atoms. The Kier molecular flexibility index (Phi) is 3.57. The second-order valence-corrected chi connectivity index (χ2v) is 4.78. The number of aromatic nitrogens is 3. The molecule has 5 nitrogen and oxygen atoms in total. The summed E-state index contributed by atoms with van der Waals surface area (Å²) in [6.07, 6.45) is 7.79. The summed E-state index contributed by atoms with van der Waals surface area (Å²) in [5.41, 5.74) is 3.44. The van der Waals surface area contributed by atoms with E-state index in [-0.39, 0.29) is 6.61 Å². The molecule has 5 heteroatoms. The monoisotopic (exact) mass is 258 g/mol. The van der Waals surface area contributed by atoms with Gasteiger partial charge in [0.2, 0.25) is 0 Å². The van der Waals surface area contributed by atoms with Gasteiger partial charge in [-0.2, -0.15) is 5.10 Å². The zero-order valence-electron chi connectivity index (χ0n) is 10.8. The summed E-state index contributed by atoms with van der Waals surface area (Å²) in [5.74, 6) is 0. The van der Waals surface area contributed by atoms with Gasteiger partial charge < -0.3 is 10.4 Å². The Balaban J connectivity index is 2.04. The number of aliphatic hydroxyl groups excluding tert-OH is 1. The van der Waals surface area contributed by atoms with Crippen LogP contribution in [0.15, 0.2) is 30.7 Å². The van der Waals surface area contributed by atoms with Crippen molar-refractivity contribution in [3.8, 4) is 11.1 Å². The van der Waals surface area contributed by atoms with E-state index in [0.717, 1.165) is 24.1 Å². The molecular formula is C14H18N4O. The smallest absolute Gasteiger partial charge is 0.0644 e. The molecule has 2 N–H and O–H groups in total. The predicted octanol–water partition coefficient (Wildman–Crippen LogP) is 1.36. The first kappa shape index (κ1) is 12.3. The molecule has 1 atom stereocenters. The lowest BCUT2D eigenvalue weighted by Crippen LogP contribution is -2.19. The number of rotatable bonds is 4. The van der Waals surface area contributed by atoms with Crippen molar-refractivity contribution in [2.45, 2.75) is 25.4 Å². The average Bonchev–Trinajstić information content (AvgIpc) is 3.08. The van der Waals surface area contributed by atoms with E-state index in [1.165, 1.54) is 12.1 Å². The van der Waals surface area contributed by atoms with Gasteiger partial charge in [-0.3, -0.25) is 9.67 Å². The van der Waals surface area contributed by atoms with Crippen LogP contribution in [0.5, 0.6) is 0 Å². The molecule has 0 aliphatic carbocycles. The minimum atomic E-state index is 0.108. The summed E-state index contributed by atoms with van der Waals surface area (Å²) >= 11 is 0. The molecule has 1 fully saturated rings. The SMILES string of the molecule is OCCn1ncc(-c2ccncc2)c1[C@@H]1CCCN1. The first-order chi connectivity index (χ1) is 9.40. The Morgan fingerprint density at radius 2 is 2.21 bits per heavy atom. The molecule has 2 aromatic heterocycles. The van der Waals surface area contributed by atoms with Crippen molar-refractivity contribution in [2.75, 3.05) is 13.2 Å². The maximum atomic E-state index is 9.18. The maximum Gasteiger partial charge on any atom is 0.0644 e. The van der Waals surface area contributed by atoms with Gasteiger partial charge in [-0.1, -0.05) is 0 Å². The summed E-state index contributed by atoms with van der Waals surface area (Å²) < 4.78 is 1.92. The fourth-order valence-corrected chi connectivity index (χ4v) is 2.71. The molecule has 0 unspecified atom stereocenters. The number of hydrogen-bond acceptors (Lipinski definition) is 4. The van der Waals surface area contributed by atoms with Gasteiger partial charge in [-0.25, -0.2) is 0 Å². The Morgan fingerprint density at radius 1 is 1.37 bits per heavy atom.